The number of anilines is 1. The van der Waals surface area contributed by atoms with Crippen LogP contribution in [0, 0.1) is 17.7 Å². The number of rotatable bonds is 7. The minimum Gasteiger partial charge on any atom is -0.497 e. The Morgan fingerprint density at radius 3 is 2.37 bits per heavy atom. The fourth-order valence-electron chi connectivity index (χ4n) is 6.66. The van der Waals surface area contributed by atoms with Gasteiger partial charge in [0.05, 0.1) is 19.6 Å². The summed E-state index contributed by atoms with van der Waals surface area (Å²) in [5, 5.41) is 10.7. The van der Waals surface area contributed by atoms with Crippen molar-refractivity contribution in [2.24, 2.45) is 11.8 Å². The van der Waals surface area contributed by atoms with Gasteiger partial charge in [-0.2, -0.15) is 0 Å². The lowest BCUT2D eigenvalue weighted by Gasteiger charge is -2.35. The van der Waals surface area contributed by atoms with E-state index in [0.29, 0.717) is 31.5 Å². The average Bonchev–Trinajstić information content (AvgIpc) is 3.11. The molecule has 10 nitrogen and oxygen atoms in total. The van der Waals surface area contributed by atoms with Gasteiger partial charge in [0, 0.05) is 68.9 Å². The van der Waals surface area contributed by atoms with Crippen molar-refractivity contribution in [3.63, 3.8) is 0 Å². The zero-order chi connectivity index (χ0) is 36.5. The first-order valence-electron chi connectivity index (χ1n) is 18.0. The van der Waals surface area contributed by atoms with Gasteiger partial charge in [-0.25, -0.2) is 13.5 Å². The fourth-order valence-corrected chi connectivity index (χ4v) is 7.56. The maximum Gasteiger partial charge on any atom is 0.410 e. The summed E-state index contributed by atoms with van der Waals surface area (Å²) in [7, 11) is 3.69. The highest BCUT2D eigenvalue weighted by Gasteiger charge is 2.29. The molecule has 0 unspecified atom stereocenters. The van der Waals surface area contributed by atoms with Crippen molar-refractivity contribution in [3.8, 4) is 5.75 Å². The van der Waals surface area contributed by atoms with Crippen LogP contribution in [0.3, 0.4) is 0 Å². The number of cyclic esters (lactones) is 1. The molecule has 0 aliphatic carbocycles. The second-order valence-corrected chi connectivity index (χ2v) is 15.2. The number of hydrogen-bond acceptors (Lipinski definition) is 10. The molecule has 5 rings (SSSR count). The molecule has 1 amide bonds. The van der Waals surface area contributed by atoms with Crippen molar-refractivity contribution in [3.05, 3.63) is 71.6 Å². The highest BCUT2D eigenvalue weighted by atomic mass is 32.2. The number of aliphatic hydroxyl groups is 1. The number of methoxy groups -OCH3 is 1. The number of amides is 1. The Balaban J connectivity index is 1.29. The number of ether oxygens (including phenoxy) is 3. The molecule has 0 radical (unpaired) electrons. The van der Waals surface area contributed by atoms with Crippen molar-refractivity contribution >= 4 is 35.8 Å². The molecule has 278 valence electrons. The summed E-state index contributed by atoms with van der Waals surface area (Å²) in [5.74, 6) is -0.362. The van der Waals surface area contributed by atoms with Gasteiger partial charge >= 0.3 is 12.1 Å². The van der Waals surface area contributed by atoms with Crippen molar-refractivity contribution in [2.45, 2.75) is 63.2 Å². The molecule has 2 aromatic carbocycles. The predicted octanol–water partition coefficient (Wildman–Crippen LogP) is 6.10. The third kappa shape index (κ3) is 11.2. The van der Waals surface area contributed by atoms with Gasteiger partial charge in [0.1, 0.15) is 23.8 Å². The maximum absolute atomic E-state index is 15.1. The number of nitrogens with zero attached hydrogens (tertiary/aromatic N) is 4. The number of carbonyl (C=O) groups is 2. The summed E-state index contributed by atoms with van der Waals surface area (Å²) in [4.78, 5) is 33.4. The monoisotopic (exact) mass is 724 g/mol. The molecule has 12 heteroatoms. The van der Waals surface area contributed by atoms with Crippen LogP contribution in [0.5, 0.6) is 5.75 Å². The summed E-state index contributed by atoms with van der Waals surface area (Å²) in [6.07, 6.45) is 4.11. The number of esters is 1. The fraction of sp³-hybridized carbons (Fsp3) is 0.538. The number of piperazine rings is 2. The molecular weight excluding hydrogens is 672 g/mol. The highest BCUT2D eigenvalue weighted by molar-refractivity contribution is 7.97. The van der Waals surface area contributed by atoms with Gasteiger partial charge in [0.15, 0.2) is 0 Å². The maximum atomic E-state index is 15.1. The summed E-state index contributed by atoms with van der Waals surface area (Å²) in [6, 6.07) is 13.0. The number of carbonyl (C=O) groups excluding carboxylic acids is 2. The molecule has 2 saturated heterocycles. The number of likely N-dealkylation sites (N-methyl/N-ethyl adjacent to an activating group) is 1. The van der Waals surface area contributed by atoms with Gasteiger partial charge in [-0.3, -0.25) is 4.79 Å². The van der Waals surface area contributed by atoms with E-state index in [-0.39, 0.29) is 30.2 Å². The lowest BCUT2D eigenvalue weighted by atomic mass is 9.91. The quantitative estimate of drug-likeness (QED) is 0.205. The molecule has 3 heterocycles. The van der Waals surface area contributed by atoms with Crippen LogP contribution < -0.4 is 9.64 Å². The van der Waals surface area contributed by atoms with Crippen LogP contribution in [-0.4, -0.2) is 116 Å². The van der Waals surface area contributed by atoms with E-state index in [1.807, 2.05) is 76.4 Å². The second-order valence-electron chi connectivity index (χ2n) is 14.0. The zero-order valence-electron chi connectivity index (χ0n) is 30.5. The first-order chi connectivity index (χ1) is 24.5. The van der Waals surface area contributed by atoms with Crippen LogP contribution in [-0.2, 0) is 14.3 Å². The Labute approximate surface area is 306 Å². The van der Waals surface area contributed by atoms with E-state index < -0.39 is 24.3 Å². The third-order valence-electron chi connectivity index (χ3n) is 9.90. The van der Waals surface area contributed by atoms with E-state index in [1.54, 1.807) is 30.0 Å². The molecule has 51 heavy (non-hydrogen) atoms. The van der Waals surface area contributed by atoms with Gasteiger partial charge in [0.2, 0.25) is 0 Å². The van der Waals surface area contributed by atoms with E-state index >= 15 is 4.39 Å². The largest absolute Gasteiger partial charge is 0.497 e. The third-order valence-corrected chi connectivity index (χ3v) is 11.0. The topological polar surface area (TPSA) is 95.0 Å². The normalized spacial score (nSPS) is 26.8. The standard InChI is InChI=1S/C39H53FN4O6S/c1-27-6-8-33(45)26-37(46)50-38(28(2)7-13-36(27)49-39(47)43-16-14-41(4)15-17-43)29(3)22-30-23-31(40)25-32(24-30)42-18-20-44(21-19-42)51-35-11-9-34(48-5)10-12-35/h7,9-13,22-25,27-28,33,36,38,45H,6,8,14-21,26H2,1-5H3/b13-7+,29-22+/t27-,28-,33+,36-,38-/m0/s1. The lowest BCUT2D eigenvalue weighted by molar-refractivity contribution is -0.151. The Hall–Kier alpha value is -3.58. The molecule has 2 fully saturated rings. The van der Waals surface area contributed by atoms with Gasteiger partial charge in [-0.05, 0) is 104 Å². The smallest absolute Gasteiger partial charge is 0.410 e. The van der Waals surface area contributed by atoms with Crippen LogP contribution in [0.4, 0.5) is 14.9 Å². The molecule has 5 atom stereocenters. The van der Waals surface area contributed by atoms with Crippen LogP contribution in [0.25, 0.3) is 6.08 Å². The molecular formula is C39H53FN4O6S. The molecule has 0 bridgehead atoms. The van der Waals surface area contributed by atoms with E-state index in [2.05, 4.69) is 14.1 Å². The molecule has 2 aromatic rings. The van der Waals surface area contributed by atoms with Crippen molar-refractivity contribution in [2.75, 3.05) is 71.4 Å². The van der Waals surface area contributed by atoms with E-state index in [4.69, 9.17) is 14.2 Å². The van der Waals surface area contributed by atoms with Crippen LogP contribution in [0.15, 0.2) is 65.1 Å². The number of hydrogen-bond donors (Lipinski definition) is 1. The minimum absolute atomic E-state index is 0.0707. The summed E-state index contributed by atoms with van der Waals surface area (Å²) in [5.41, 5.74) is 2.21. The molecule has 0 saturated carbocycles. The van der Waals surface area contributed by atoms with Crippen LogP contribution in [0.2, 0.25) is 0 Å². The van der Waals surface area contributed by atoms with Crippen molar-refractivity contribution in [1.82, 2.24) is 14.1 Å². The highest BCUT2D eigenvalue weighted by Crippen LogP contribution is 2.30. The van der Waals surface area contributed by atoms with Crippen molar-refractivity contribution in [1.29, 1.82) is 0 Å². The Kier molecular flexibility index (Phi) is 13.8. The lowest BCUT2D eigenvalue weighted by Crippen LogP contribution is -2.48. The first-order valence-corrected chi connectivity index (χ1v) is 18.8. The van der Waals surface area contributed by atoms with Gasteiger partial charge < -0.3 is 34.0 Å². The number of halogens is 1. The number of benzene rings is 2. The molecule has 3 aliphatic heterocycles. The van der Waals surface area contributed by atoms with Gasteiger partial charge in [0.25, 0.3) is 0 Å². The number of aliphatic hydroxyl groups excluding tert-OH is 1. The van der Waals surface area contributed by atoms with Crippen molar-refractivity contribution < 1.29 is 33.3 Å². The first kappa shape index (κ1) is 38.6. The van der Waals surface area contributed by atoms with Crippen LogP contribution in [0.1, 0.15) is 45.6 Å². The second kappa shape index (κ2) is 18.3. The molecule has 3 aliphatic rings. The SMILES string of the molecule is COc1ccc(SN2CCN(c3cc(F)cc(/C=C(\C)[C@H]4OC(=O)C[C@H](O)CC[C@H](C)[C@@H](OC(=O)N5CCN(C)CC5)/C=C/[C@@H]4C)c3)CC2)cc1. The minimum atomic E-state index is -0.876. The van der Waals surface area contributed by atoms with E-state index in [9.17, 15) is 14.7 Å². The van der Waals surface area contributed by atoms with E-state index in [1.165, 1.54) is 6.07 Å². The molecule has 0 spiro atoms. The molecule has 1 N–H and O–H groups in total. The predicted molar refractivity (Wildman–Crippen MR) is 199 cm³/mol. The van der Waals surface area contributed by atoms with Crippen LogP contribution >= 0.6 is 11.9 Å². The van der Waals surface area contributed by atoms with E-state index in [0.717, 1.165) is 61.2 Å². The summed E-state index contributed by atoms with van der Waals surface area (Å²) < 4.78 is 34.7. The Morgan fingerprint density at radius 2 is 1.69 bits per heavy atom. The Morgan fingerprint density at radius 1 is 0.980 bits per heavy atom. The summed E-state index contributed by atoms with van der Waals surface area (Å²) >= 11 is 1.71. The zero-order valence-corrected chi connectivity index (χ0v) is 31.3. The Bertz CT molecular complexity index is 1520. The van der Waals surface area contributed by atoms with Gasteiger partial charge in [-0.15, -0.1) is 0 Å². The molecule has 0 aromatic heterocycles. The summed E-state index contributed by atoms with van der Waals surface area (Å²) in [6.45, 7) is 11.7. The van der Waals surface area contributed by atoms with Gasteiger partial charge in [-0.1, -0.05) is 26.0 Å². The average molecular weight is 725 g/mol.